The molecule has 3 nitrogen and oxygen atoms in total. The Kier molecular flexibility index (Phi) is 7.46. The summed E-state index contributed by atoms with van der Waals surface area (Å²) >= 11 is 17.0. The Morgan fingerprint density at radius 2 is 1.35 bits per heavy atom. The maximum atomic E-state index is 5.84. The van der Waals surface area contributed by atoms with E-state index in [2.05, 4.69) is 15.5 Å². The summed E-state index contributed by atoms with van der Waals surface area (Å²) in [6.45, 7) is 1.55. The molecule has 0 heterocycles. The van der Waals surface area contributed by atoms with Gasteiger partial charge in [-0.2, -0.15) is 0 Å². The fraction of sp³-hybridized carbons (Fsp3) is 0.235. The number of anilines is 3. The molecule has 0 amide bonds. The molecule has 2 aromatic carbocycles. The van der Waals surface area contributed by atoms with Crippen molar-refractivity contribution in [3.8, 4) is 0 Å². The summed E-state index contributed by atoms with van der Waals surface area (Å²) < 4.78 is 0. The molecule has 0 atom stereocenters. The summed E-state index contributed by atoms with van der Waals surface area (Å²) in [6, 6.07) is 17.9. The number of nitrogens with zero attached hydrogens (tertiary/aromatic N) is 1. The molecule has 122 valence electrons. The van der Waals surface area contributed by atoms with E-state index in [-0.39, 0.29) is 0 Å². The van der Waals surface area contributed by atoms with E-state index in [1.54, 1.807) is 0 Å². The number of thiocarbonyl (C=S) groups is 1. The van der Waals surface area contributed by atoms with Crippen molar-refractivity contribution in [1.82, 2.24) is 0 Å². The van der Waals surface area contributed by atoms with Crippen LogP contribution in [0.4, 0.5) is 17.1 Å². The lowest BCUT2D eigenvalue weighted by atomic mass is 10.2. The van der Waals surface area contributed by atoms with Crippen LogP contribution in [0.1, 0.15) is 0 Å². The zero-order valence-electron chi connectivity index (χ0n) is 12.6. The van der Waals surface area contributed by atoms with Gasteiger partial charge in [-0.25, -0.2) is 0 Å². The van der Waals surface area contributed by atoms with Crippen molar-refractivity contribution in [3.05, 3.63) is 54.6 Å². The molecular formula is C17H19Cl2N3S. The summed E-state index contributed by atoms with van der Waals surface area (Å²) in [4.78, 5) is 2.16. The van der Waals surface area contributed by atoms with Crippen LogP contribution in [-0.4, -0.2) is 30.0 Å². The quantitative estimate of drug-likeness (QED) is 0.543. The van der Waals surface area contributed by atoms with E-state index in [0.717, 1.165) is 30.2 Å². The van der Waals surface area contributed by atoms with Crippen LogP contribution < -0.4 is 15.5 Å². The number of hydrogen-bond acceptors (Lipinski definition) is 2. The van der Waals surface area contributed by atoms with Crippen molar-refractivity contribution in [3.63, 3.8) is 0 Å². The summed E-state index contributed by atoms with van der Waals surface area (Å²) in [7, 11) is 0. The molecule has 0 bridgehead atoms. The average molecular weight is 368 g/mol. The SMILES string of the molecule is S=C(Nc1ccccc1)Nc1ccc(N(CCCl)CCCl)cc1. The predicted octanol–water partition coefficient (Wildman–Crippen LogP) is 4.78. The van der Waals surface area contributed by atoms with Crippen LogP contribution in [-0.2, 0) is 0 Å². The molecule has 2 aromatic rings. The zero-order chi connectivity index (χ0) is 16.5. The van der Waals surface area contributed by atoms with Crippen LogP contribution in [0.5, 0.6) is 0 Å². The summed E-state index contributed by atoms with van der Waals surface area (Å²) in [5.74, 6) is 1.14. The molecule has 23 heavy (non-hydrogen) atoms. The number of hydrogen-bond donors (Lipinski definition) is 2. The second-order valence-electron chi connectivity index (χ2n) is 4.86. The van der Waals surface area contributed by atoms with Crippen LogP contribution in [0.15, 0.2) is 54.6 Å². The Morgan fingerprint density at radius 1 is 0.826 bits per heavy atom. The number of halogens is 2. The highest BCUT2D eigenvalue weighted by Gasteiger charge is 2.05. The summed E-state index contributed by atoms with van der Waals surface area (Å²) in [6.07, 6.45) is 0. The van der Waals surface area contributed by atoms with Crippen LogP contribution >= 0.6 is 35.4 Å². The molecule has 0 aliphatic rings. The van der Waals surface area contributed by atoms with Gasteiger partial charge in [-0.1, -0.05) is 18.2 Å². The fourth-order valence-electron chi connectivity index (χ4n) is 2.14. The molecular weight excluding hydrogens is 349 g/mol. The topological polar surface area (TPSA) is 27.3 Å². The van der Waals surface area contributed by atoms with E-state index in [1.807, 2.05) is 54.6 Å². The van der Waals surface area contributed by atoms with Crippen molar-refractivity contribution >= 4 is 57.6 Å². The molecule has 0 aliphatic heterocycles. The monoisotopic (exact) mass is 367 g/mol. The van der Waals surface area contributed by atoms with Gasteiger partial charge in [-0.3, -0.25) is 0 Å². The lowest BCUT2D eigenvalue weighted by molar-refractivity contribution is 0.874. The molecule has 2 rings (SSSR count). The minimum Gasteiger partial charge on any atom is -0.369 e. The number of nitrogens with one attached hydrogen (secondary N) is 2. The Hall–Kier alpha value is -1.49. The first-order valence-corrected chi connectivity index (χ1v) is 8.80. The Labute approximate surface area is 152 Å². The van der Waals surface area contributed by atoms with Crippen molar-refractivity contribution in [1.29, 1.82) is 0 Å². The molecule has 2 N–H and O–H groups in total. The number of rotatable bonds is 7. The van der Waals surface area contributed by atoms with Crippen LogP contribution in [0.2, 0.25) is 0 Å². The van der Waals surface area contributed by atoms with Crippen molar-refractivity contribution in [2.75, 3.05) is 40.4 Å². The van der Waals surface area contributed by atoms with E-state index in [4.69, 9.17) is 35.4 Å². The first kappa shape index (κ1) is 17.9. The predicted molar refractivity (Wildman–Crippen MR) is 106 cm³/mol. The molecule has 0 aromatic heterocycles. The van der Waals surface area contributed by atoms with Gasteiger partial charge in [0.25, 0.3) is 0 Å². The number of para-hydroxylation sites is 1. The van der Waals surface area contributed by atoms with Gasteiger partial charge in [-0.05, 0) is 48.6 Å². The van der Waals surface area contributed by atoms with Gasteiger partial charge in [0.1, 0.15) is 0 Å². The lowest BCUT2D eigenvalue weighted by Crippen LogP contribution is -2.27. The molecule has 0 saturated carbocycles. The van der Waals surface area contributed by atoms with Crippen molar-refractivity contribution in [2.45, 2.75) is 0 Å². The minimum absolute atomic E-state index is 0.558. The highest BCUT2D eigenvalue weighted by atomic mass is 35.5. The van der Waals surface area contributed by atoms with Gasteiger partial charge in [0, 0.05) is 41.9 Å². The number of alkyl halides is 2. The smallest absolute Gasteiger partial charge is 0.175 e. The third-order valence-electron chi connectivity index (χ3n) is 3.23. The molecule has 0 unspecified atom stereocenters. The minimum atomic E-state index is 0.558. The zero-order valence-corrected chi connectivity index (χ0v) is 15.0. The summed E-state index contributed by atoms with van der Waals surface area (Å²) in [5, 5.41) is 6.87. The average Bonchev–Trinajstić information content (AvgIpc) is 2.56. The van der Waals surface area contributed by atoms with E-state index >= 15 is 0 Å². The van der Waals surface area contributed by atoms with Gasteiger partial charge in [0.15, 0.2) is 5.11 Å². The Balaban J connectivity index is 1.95. The van der Waals surface area contributed by atoms with Crippen LogP contribution in [0.25, 0.3) is 0 Å². The Morgan fingerprint density at radius 3 is 1.87 bits per heavy atom. The third kappa shape index (κ3) is 5.90. The van der Waals surface area contributed by atoms with Gasteiger partial charge in [0.2, 0.25) is 0 Å². The van der Waals surface area contributed by atoms with Gasteiger partial charge in [-0.15, -0.1) is 23.2 Å². The number of benzene rings is 2. The van der Waals surface area contributed by atoms with E-state index in [9.17, 15) is 0 Å². The standard InChI is InChI=1S/C17H19Cl2N3S/c18-10-12-22(13-11-19)16-8-6-15(7-9-16)21-17(23)20-14-4-2-1-3-5-14/h1-9H,10-13H2,(H2,20,21,23). The summed E-state index contributed by atoms with van der Waals surface area (Å²) in [5.41, 5.74) is 2.98. The van der Waals surface area contributed by atoms with Crippen molar-refractivity contribution < 1.29 is 0 Å². The molecule has 0 saturated heterocycles. The fourth-order valence-corrected chi connectivity index (χ4v) is 2.79. The molecule has 0 aliphatic carbocycles. The molecule has 0 fully saturated rings. The first-order valence-electron chi connectivity index (χ1n) is 7.33. The van der Waals surface area contributed by atoms with Crippen LogP contribution in [0, 0.1) is 0 Å². The molecule has 6 heteroatoms. The molecule has 0 spiro atoms. The van der Waals surface area contributed by atoms with Gasteiger partial charge in [0.05, 0.1) is 0 Å². The first-order chi connectivity index (χ1) is 11.2. The second kappa shape index (κ2) is 9.60. The van der Waals surface area contributed by atoms with E-state index < -0.39 is 0 Å². The maximum Gasteiger partial charge on any atom is 0.175 e. The van der Waals surface area contributed by atoms with Gasteiger partial charge < -0.3 is 15.5 Å². The Bertz CT molecular complexity index is 599. The third-order valence-corrected chi connectivity index (χ3v) is 3.77. The highest BCUT2D eigenvalue weighted by Crippen LogP contribution is 2.18. The maximum absolute atomic E-state index is 5.84. The normalized spacial score (nSPS) is 10.2. The largest absolute Gasteiger partial charge is 0.369 e. The van der Waals surface area contributed by atoms with Crippen molar-refractivity contribution in [2.24, 2.45) is 0 Å². The lowest BCUT2D eigenvalue weighted by Gasteiger charge is -2.23. The van der Waals surface area contributed by atoms with E-state index in [0.29, 0.717) is 16.9 Å². The van der Waals surface area contributed by atoms with Crippen LogP contribution in [0.3, 0.4) is 0 Å². The second-order valence-corrected chi connectivity index (χ2v) is 6.02. The van der Waals surface area contributed by atoms with E-state index in [1.165, 1.54) is 0 Å². The molecule has 0 radical (unpaired) electrons. The van der Waals surface area contributed by atoms with Gasteiger partial charge >= 0.3 is 0 Å². The highest BCUT2D eigenvalue weighted by molar-refractivity contribution is 7.80.